The van der Waals surface area contributed by atoms with Crippen LogP contribution in [0.25, 0.3) is 10.8 Å². The van der Waals surface area contributed by atoms with Crippen LogP contribution in [0, 0.1) is 0 Å². The Morgan fingerprint density at radius 2 is 2.08 bits per heavy atom. The number of anilines is 1. The van der Waals surface area contributed by atoms with Gasteiger partial charge in [-0.2, -0.15) is 5.10 Å². The van der Waals surface area contributed by atoms with Gasteiger partial charge in [0.25, 0.3) is 5.56 Å². The van der Waals surface area contributed by atoms with E-state index in [4.69, 9.17) is 0 Å². The normalized spacial score (nSPS) is 22.1. The minimum absolute atomic E-state index is 0.0399. The summed E-state index contributed by atoms with van der Waals surface area (Å²) in [5.74, 6) is -0.258. The maximum absolute atomic E-state index is 12.8. The number of fused-ring (bicyclic) bond motifs is 1. The maximum Gasteiger partial charge on any atom is 0.275 e. The fourth-order valence-corrected chi connectivity index (χ4v) is 3.50. The van der Waals surface area contributed by atoms with Crippen LogP contribution in [0.1, 0.15) is 32.4 Å². The van der Waals surface area contributed by atoms with E-state index in [1.807, 2.05) is 38.1 Å². The van der Waals surface area contributed by atoms with E-state index >= 15 is 0 Å². The van der Waals surface area contributed by atoms with Gasteiger partial charge >= 0.3 is 0 Å². The summed E-state index contributed by atoms with van der Waals surface area (Å²) in [7, 11) is 3.90. The van der Waals surface area contributed by atoms with Gasteiger partial charge in [-0.3, -0.25) is 9.59 Å². The summed E-state index contributed by atoms with van der Waals surface area (Å²) in [5.41, 5.74) is 0.831. The van der Waals surface area contributed by atoms with Gasteiger partial charge in [0.2, 0.25) is 5.91 Å². The van der Waals surface area contributed by atoms with Crippen molar-refractivity contribution in [3.63, 3.8) is 0 Å². The molecule has 0 aliphatic heterocycles. The van der Waals surface area contributed by atoms with Gasteiger partial charge in [-0.25, -0.2) is 4.68 Å². The number of aryl methyl sites for hydroxylation is 1. The van der Waals surface area contributed by atoms with Crippen LogP contribution in [0.2, 0.25) is 0 Å². The summed E-state index contributed by atoms with van der Waals surface area (Å²) in [5, 5.41) is 18.4. The first-order valence-electron chi connectivity index (χ1n) is 8.93. The number of aliphatic hydroxyl groups is 1. The van der Waals surface area contributed by atoms with Crippen molar-refractivity contribution in [1.29, 1.82) is 0 Å². The van der Waals surface area contributed by atoms with Crippen LogP contribution in [-0.4, -0.2) is 46.5 Å². The van der Waals surface area contributed by atoms with Gasteiger partial charge in [-0.1, -0.05) is 6.92 Å². The van der Waals surface area contributed by atoms with Crippen molar-refractivity contribution in [3.8, 4) is 0 Å². The standard InChI is InChI=1S/C19H26N4O3/c1-5-16-15-8-13(22(3)4)6-7-14(15)18(25)23(21-16)11-17(24)20-12-9-19(2,26)10-12/h6-8,12,26H,5,9-11H2,1-4H3,(H,20,24). The molecule has 2 N–H and O–H groups in total. The Balaban J connectivity index is 1.87. The van der Waals surface area contributed by atoms with Crippen LogP contribution < -0.4 is 15.8 Å². The highest BCUT2D eigenvalue weighted by Gasteiger charge is 2.39. The molecule has 0 unspecified atom stereocenters. The molecule has 1 fully saturated rings. The lowest BCUT2D eigenvalue weighted by molar-refractivity contribution is -0.125. The van der Waals surface area contributed by atoms with Crippen LogP contribution in [0.15, 0.2) is 23.0 Å². The number of carbonyl (C=O) groups is 1. The van der Waals surface area contributed by atoms with Crippen molar-refractivity contribution in [3.05, 3.63) is 34.2 Å². The van der Waals surface area contributed by atoms with Crippen molar-refractivity contribution in [2.24, 2.45) is 0 Å². The van der Waals surface area contributed by atoms with E-state index < -0.39 is 5.60 Å². The molecule has 1 aromatic carbocycles. The SMILES string of the molecule is CCc1nn(CC(=O)NC2CC(C)(O)C2)c(=O)c2ccc(N(C)C)cc12. The van der Waals surface area contributed by atoms with Crippen molar-refractivity contribution in [2.75, 3.05) is 19.0 Å². The molecule has 3 rings (SSSR count). The minimum Gasteiger partial charge on any atom is -0.390 e. The molecule has 1 aromatic heterocycles. The third kappa shape index (κ3) is 3.58. The zero-order valence-corrected chi connectivity index (χ0v) is 15.7. The zero-order chi connectivity index (χ0) is 19.1. The Kier molecular flexibility index (Phi) is 4.75. The highest BCUT2D eigenvalue weighted by molar-refractivity contribution is 5.87. The largest absolute Gasteiger partial charge is 0.390 e. The third-order valence-corrected chi connectivity index (χ3v) is 4.90. The Morgan fingerprint density at radius 1 is 1.38 bits per heavy atom. The molecule has 0 spiro atoms. The van der Waals surface area contributed by atoms with Gasteiger partial charge < -0.3 is 15.3 Å². The van der Waals surface area contributed by atoms with E-state index in [0.717, 1.165) is 16.8 Å². The zero-order valence-electron chi connectivity index (χ0n) is 15.7. The lowest BCUT2D eigenvalue weighted by atomic mass is 9.77. The van der Waals surface area contributed by atoms with Crippen molar-refractivity contribution in [1.82, 2.24) is 15.1 Å². The first kappa shape index (κ1) is 18.4. The molecule has 7 heteroatoms. The Morgan fingerprint density at radius 3 is 2.65 bits per heavy atom. The summed E-state index contributed by atoms with van der Waals surface area (Å²) in [4.78, 5) is 27.0. The molecule has 1 amide bonds. The van der Waals surface area contributed by atoms with Crippen LogP contribution in [0.5, 0.6) is 0 Å². The van der Waals surface area contributed by atoms with Crippen molar-refractivity contribution >= 4 is 22.4 Å². The molecule has 140 valence electrons. The summed E-state index contributed by atoms with van der Waals surface area (Å²) in [6.07, 6.45) is 1.74. The number of benzene rings is 1. The molecular formula is C19H26N4O3. The molecule has 26 heavy (non-hydrogen) atoms. The monoisotopic (exact) mass is 358 g/mol. The number of amides is 1. The lowest BCUT2D eigenvalue weighted by Crippen LogP contribution is -2.54. The summed E-state index contributed by atoms with van der Waals surface area (Å²) in [6, 6.07) is 5.61. The molecule has 0 radical (unpaired) electrons. The number of aromatic nitrogens is 2. The Labute approximate surface area is 152 Å². The number of hydrogen-bond acceptors (Lipinski definition) is 5. The first-order chi connectivity index (χ1) is 12.2. The predicted octanol–water partition coefficient (Wildman–Crippen LogP) is 1.05. The van der Waals surface area contributed by atoms with Crippen LogP contribution in [0.4, 0.5) is 5.69 Å². The molecule has 0 bridgehead atoms. The number of hydrogen-bond donors (Lipinski definition) is 2. The predicted molar refractivity (Wildman–Crippen MR) is 101 cm³/mol. The van der Waals surface area contributed by atoms with Crippen LogP contribution >= 0.6 is 0 Å². The second-order valence-corrected chi connectivity index (χ2v) is 7.56. The van der Waals surface area contributed by atoms with Gasteiger partial charge in [-0.15, -0.1) is 0 Å². The van der Waals surface area contributed by atoms with E-state index in [9.17, 15) is 14.7 Å². The topological polar surface area (TPSA) is 87.5 Å². The quantitative estimate of drug-likeness (QED) is 0.834. The third-order valence-electron chi connectivity index (χ3n) is 4.90. The number of carbonyl (C=O) groups excluding carboxylic acids is 1. The smallest absolute Gasteiger partial charge is 0.275 e. The van der Waals surface area contributed by atoms with Gasteiger partial charge in [0.15, 0.2) is 0 Å². The summed E-state index contributed by atoms with van der Waals surface area (Å²) >= 11 is 0. The molecule has 0 saturated heterocycles. The van der Waals surface area contributed by atoms with Gasteiger partial charge in [0, 0.05) is 31.2 Å². The molecule has 1 heterocycles. The van der Waals surface area contributed by atoms with Gasteiger partial charge in [-0.05, 0) is 44.4 Å². The molecular weight excluding hydrogens is 332 g/mol. The molecule has 0 atom stereocenters. The number of nitrogens with zero attached hydrogens (tertiary/aromatic N) is 3. The average Bonchev–Trinajstić information content (AvgIpc) is 2.55. The second kappa shape index (κ2) is 6.72. The first-order valence-corrected chi connectivity index (χ1v) is 8.93. The lowest BCUT2D eigenvalue weighted by Gasteiger charge is -2.41. The second-order valence-electron chi connectivity index (χ2n) is 7.56. The molecule has 7 nitrogen and oxygen atoms in total. The van der Waals surface area contributed by atoms with Crippen molar-refractivity contribution < 1.29 is 9.90 Å². The van der Waals surface area contributed by atoms with Crippen LogP contribution in [-0.2, 0) is 17.8 Å². The minimum atomic E-state index is -0.699. The van der Waals surface area contributed by atoms with Gasteiger partial charge in [0.1, 0.15) is 6.54 Å². The van der Waals surface area contributed by atoms with E-state index in [2.05, 4.69) is 10.4 Å². The molecule has 1 aliphatic carbocycles. The van der Waals surface area contributed by atoms with E-state index in [1.165, 1.54) is 4.68 Å². The van der Waals surface area contributed by atoms with Crippen molar-refractivity contribution in [2.45, 2.75) is 51.3 Å². The van der Waals surface area contributed by atoms with E-state index in [0.29, 0.717) is 24.6 Å². The molecule has 2 aromatic rings. The highest BCUT2D eigenvalue weighted by Crippen LogP contribution is 2.31. The van der Waals surface area contributed by atoms with Gasteiger partial charge in [0.05, 0.1) is 16.7 Å². The number of nitrogens with one attached hydrogen (secondary N) is 1. The number of rotatable bonds is 5. The highest BCUT2D eigenvalue weighted by atomic mass is 16.3. The van der Waals surface area contributed by atoms with E-state index in [1.54, 1.807) is 13.0 Å². The average molecular weight is 358 g/mol. The summed E-state index contributed by atoms with van der Waals surface area (Å²) < 4.78 is 1.24. The fraction of sp³-hybridized carbons (Fsp3) is 0.526. The summed E-state index contributed by atoms with van der Waals surface area (Å²) in [6.45, 7) is 3.62. The van der Waals surface area contributed by atoms with Crippen LogP contribution in [0.3, 0.4) is 0 Å². The molecule has 1 saturated carbocycles. The Bertz CT molecular complexity index is 894. The van der Waals surface area contributed by atoms with E-state index in [-0.39, 0.29) is 24.1 Å². The molecule has 1 aliphatic rings. The fourth-order valence-electron chi connectivity index (χ4n) is 3.50. The maximum atomic E-state index is 12.8. The Hall–Kier alpha value is -2.41.